The van der Waals surface area contributed by atoms with E-state index in [0.717, 1.165) is 12.1 Å². The molecule has 4 rings (SSSR count). The van der Waals surface area contributed by atoms with Crippen LogP contribution in [0.3, 0.4) is 0 Å². The molecule has 2 aromatic rings. The zero-order valence-corrected chi connectivity index (χ0v) is 14.4. The topological polar surface area (TPSA) is 49.8 Å². The molecule has 3 heterocycles. The fourth-order valence-corrected chi connectivity index (χ4v) is 2.86. The number of aromatic nitrogens is 1. The van der Waals surface area contributed by atoms with E-state index < -0.39 is 11.7 Å². The lowest BCUT2D eigenvalue weighted by Gasteiger charge is -2.23. The van der Waals surface area contributed by atoms with Crippen LogP contribution in [0.15, 0.2) is 66.1 Å². The third kappa shape index (κ3) is 3.48. The highest BCUT2D eigenvalue weighted by atomic mass is 35.5. The molecule has 1 aromatic heterocycles. The van der Waals surface area contributed by atoms with Crippen molar-refractivity contribution in [2.45, 2.75) is 12.3 Å². The molecule has 2 aliphatic rings. The predicted octanol–water partition coefficient (Wildman–Crippen LogP) is 4.52. The van der Waals surface area contributed by atoms with E-state index >= 15 is 0 Å². The number of hydrogen-bond acceptors (Lipinski definition) is 5. The molecule has 0 spiro atoms. The van der Waals surface area contributed by atoms with Crippen LogP contribution in [0.5, 0.6) is 11.6 Å². The summed E-state index contributed by atoms with van der Waals surface area (Å²) in [5.74, 6) is 0.610. The first-order valence-electron chi connectivity index (χ1n) is 7.89. The molecule has 1 unspecified atom stereocenters. The van der Waals surface area contributed by atoms with Gasteiger partial charge in [0, 0.05) is 12.4 Å². The Labute approximate surface area is 157 Å². The number of hydrogen-bond donors (Lipinski definition) is 1. The van der Waals surface area contributed by atoms with Gasteiger partial charge >= 0.3 is 6.18 Å². The van der Waals surface area contributed by atoms with E-state index in [-0.39, 0.29) is 17.8 Å². The lowest BCUT2D eigenvalue weighted by Crippen LogP contribution is -2.36. The van der Waals surface area contributed by atoms with Gasteiger partial charge in [0.2, 0.25) is 5.88 Å². The van der Waals surface area contributed by atoms with Gasteiger partial charge in [0.05, 0.1) is 16.1 Å². The highest BCUT2D eigenvalue weighted by Gasteiger charge is 2.31. The van der Waals surface area contributed by atoms with Crippen molar-refractivity contribution in [3.8, 4) is 11.6 Å². The van der Waals surface area contributed by atoms with Crippen LogP contribution in [0.2, 0.25) is 5.02 Å². The first-order valence-corrected chi connectivity index (χ1v) is 8.27. The van der Waals surface area contributed by atoms with Gasteiger partial charge in [0.25, 0.3) is 0 Å². The van der Waals surface area contributed by atoms with Crippen LogP contribution in [-0.4, -0.2) is 21.9 Å². The van der Waals surface area contributed by atoms with Crippen LogP contribution in [0.25, 0.3) is 0 Å². The number of allylic oxidation sites excluding steroid dienone is 2. The monoisotopic (exact) mass is 392 g/mol. The fourth-order valence-electron chi connectivity index (χ4n) is 2.70. The normalized spacial score (nSPS) is 18.1. The number of pyridine rings is 1. The Bertz CT molecular complexity index is 971. The van der Waals surface area contributed by atoms with Crippen LogP contribution in [0.4, 0.5) is 13.2 Å². The van der Waals surface area contributed by atoms with Gasteiger partial charge in [-0.1, -0.05) is 23.7 Å². The molecule has 1 atom stereocenters. The number of rotatable bonds is 3. The van der Waals surface area contributed by atoms with E-state index in [1.807, 2.05) is 29.3 Å². The molecule has 0 aliphatic carbocycles. The van der Waals surface area contributed by atoms with Gasteiger partial charge in [-0.15, -0.1) is 0 Å². The molecule has 0 radical (unpaired) electrons. The molecule has 0 saturated heterocycles. The first-order chi connectivity index (χ1) is 12.9. The molecule has 0 amide bonds. The number of alkyl halides is 3. The van der Waals surface area contributed by atoms with Crippen LogP contribution < -0.4 is 10.2 Å². The summed E-state index contributed by atoms with van der Waals surface area (Å²) in [5, 5.41) is 4.63. The Hall–Kier alpha value is -3.00. The van der Waals surface area contributed by atoms with E-state index in [1.54, 1.807) is 6.07 Å². The van der Waals surface area contributed by atoms with Crippen LogP contribution in [-0.2, 0) is 6.18 Å². The molecule has 2 aliphatic heterocycles. The lowest BCUT2D eigenvalue weighted by molar-refractivity contribution is -0.137. The minimum atomic E-state index is -4.47. The number of amidine groups is 1. The molecule has 9 heteroatoms. The predicted molar refractivity (Wildman–Crippen MR) is 94.3 cm³/mol. The Balaban J connectivity index is 1.69. The third-order valence-corrected chi connectivity index (χ3v) is 4.14. The quantitative estimate of drug-likeness (QED) is 0.834. The highest BCUT2D eigenvalue weighted by molar-refractivity contribution is 6.31. The summed E-state index contributed by atoms with van der Waals surface area (Å²) in [6.45, 7) is 0. The number of halogens is 4. The highest BCUT2D eigenvalue weighted by Crippen LogP contribution is 2.34. The van der Waals surface area contributed by atoms with E-state index in [0.29, 0.717) is 16.4 Å². The van der Waals surface area contributed by atoms with E-state index in [9.17, 15) is 13.2 Å². The Morgan fingerprint density at radius 1 is 1.19 bits per heavy atom. The Kier molecular flexibility index (Phi) is 4.27. The number of hydrazone groups is 1. The number of benzene rings is 1. The van der Waals surface area contributed by atoms with Crippen LogP contribution in [0.1, 0.15) is 11.1 Å². The van der Waals surface area contributed by atoms with Crippen molar-refractivity contribution in [3.05, 3.63) is 77.1 Å². The largest absolute Gasteiger partial charge is 0.438 e. The second-order valence-corrected chi connectivity index (χ2v) is 6.21. The van der Waals surface area contributed by atoms with Crippen molar-refractivity contribution in [1.29, 1.82) is 0 Å². The van der Waals surface area contributed by atoms with Crippen molar-refractivity contribution >= 4 is 17.4 Å². The van der Waals surface area contributed by atoms with Crippen LogP contribution in [0, 0.1) is 0 Å². The first kappa shape index (κ1) is 17.4. The van der Waals surface area contributed by atoms with Crippen molar-refractivity contribution in [2.24, 2.45) is 5.10 Å². The zero-order valence-electron chi connectivity index (χ0n) is 13.6. The number of nitrogens with one attached hydrogen (secondary N) is 1. The zero-order chi connectivity index (χ0) is 19.0. The summed E-state index contributed by atoms with van der Waals surface area (Å²) >= 11 is 6.07. The van der Waals surface area contributed by atoms with Crippen molar-refractivity contribution in [1.82, 2.24) is 15.3 Å². The van der Waals surface area contributed by atoms with E-state index in [2.05, 4.69) is 15.5 Å². The molecule has 0 saturated carbocycles. The maximum Gasteiger partial charge on any atom is 0.416 e. The van der Waals surface area contributed by atoms with Crippen molar-refractivity contribution in [2.75, 3.05) is 0 Å². The molecule has 1 N–H and O–H groups in total. The summed E-state index contributed by atoms with van der Waals surface area (Å²) in [4.78, 5) is 5.97. The summed E-state index contributed by atoms with van der Waals surface area (Å²) in [7, 11) is 0. The van der Waals surface area contributed by atoms with Gasteiger partial charge in [-0.2, -0.15) is 18.3 Å². The second-order valence-electron chi connectivity index (χ2n) is 5.78. The summed E-state index contributed by atoms with van der Waals surface area (Å²) in [6.07, 6.45) is 4.17. The standard InChI is InChI=1S/C18H12ClF3N4O/c19-12-9-14(16-25-24-15-6-1-2-7-26(15)16)17(23-10-12)27-13-5-3-4-11(8-13)18(20,21)22/h1-10,15,24H. The average molecular weight is 393 g/mol. The number of nitrogens with zero attached hydrogens (tertiary/aromatic N) is 3. The minimum Gasteiger partial charge on any atom is -0.438 e. The van der Waals surface area contributed by atoms with Gasteiger partial charge in [0.15, 0.2) is 5.84 Å². The maximum atomic E-state index is 12.9. The Morgan fingerprint density at radius 2 is 2.04 bits per heavy atom. The summed E-state index contributed by atoms with van der Waals surface area (Å²) in [6, 6.07) is 6.20. The second kappa shape index (κ2) is 6.62. The molecule has 1 aromatic carbocycles. The number of ether oxygens (including phenoxy) is 1. The smallest absolute Gasteiger partial charge is 0.416 e. The average Bonchev–Trinajstić information content (AvgIpc) is 3.07. The SMILES string of the molecule is FC(F)(F)c1cccc(Oc2ncc(Cl)cc2C2=NNC3C=CC=CN23)c1. The van der Waals surface area contributed by atoms with Gasteiger partial charge in [0.1, 0.15) is 11.9 Å². The molecular formula is C18H12ClF3N4O. The van der Waals surface area contributed by atoms with Gasteiger partial charge in [-0.3, -0.25) is 5.43 Å². The lowest BCUT2D eigenvalue weighted by atomic mass is 10.2. The minimum absolute atomic E-state index is 0.0121. The van der Waals surface area contributed by atoms with Crippen molar-refractivity contribution in [3.63, 3.8) is 0 Å². The molecule has 0 fully saturated rings. The summed E-state index contributed by atoms with van der Waals surface area (Å²) in [5.41, 5.74) is 2.59. The van der Waals surface area contributed by atoms with Gasteiger partial charge < -0.3 is 9.64 Å². The van der Waals surface area contributed by atoms with E-state index in [4.69, 9.17) is 16.3 Å². The van der Waals surface area contributed by atoms with Gasteiger partial charge in [-0.05, 0) is 36.4 Å². The maximum absolute atomic E-state index is 12.9. The summed E-state index contributed by atoms with van der Waals surface area (Å²) < 4.78 is 44.4. The van der Waals surface area contributed by atoms with Gasteiger partial charge in [-0.25, -0.2) is 4.98 Å². The molecule has 138 valence electrons. The molecule has 0 bridgehead atoms. The molecule has 27 heavy (non-hydrogen) atoms. The van der Waals surface area contributed by atoms with Crippen molar-refractivity contribution < 1.29 is 17.9 Å². The number of fused-ring (bicyclic) bond motifs is 1. The third-order valence-electron chi connectivity index (χ3n) is 3.93. The fraction of sp³-hybridized carbons (Fsp3) is 0.111. The Morgan fingerprint density at radius 3 is 2.85 bits per heavy atom. The molecular weight excluding hydrogens is 381 g/mol. The molecule has 5 nitrogen and oxygen atoms in total. The van der Waals surface area contributed by atoms with Crippen LogP contribution >= 0.6 is 11.6 Å². The van der Waals surface area contributed by atoms with E-state index in [1.165, 1.54) is 18.3 Å².